The normalized spacial score (nSPS) is 13.5. The van der Waals surface area contributed by atoms with Crippen molar-refractivity contribution in [3.8, 4) is 5.88 Å². The number of imidazole rings is 1. The van der Waals surface area contributed by atoms with Gasteiger partial charge in [0.25, 0.3) is 5.91 Å². The molecule has 1 N–H and O–H groups in total. The highest BCUT2D eigenvalue weighted by Gasteiger charge is 2.25. The van der Waals surface area contributed by atoms with E-state index >= 15 is 0 Å². The van der Waals surface area contributed by atoms with Crippen LogP contribution < -0.4 is 10.1 Å². The van der Waals surface area contributed by atoms with Crippen LogP contribution in [-0.2, 0) is 19.6 Å². The lowest BCUT2D eigenvalue weighted by molar-refractivity contribution is 0.0943. The minimum Gasteiger partial charge on any atom is -0.477 e. The summed E-state index contributed by atoms with van der Waals surface area (Å²) in [6.07, 6.45) is 1.84. The first-order valence-corrected chi connectivity index (χ1v) is 9.18. The van der Waals surface area contributed by atoms with Crippen LogP contribution in [0.1, 0.15) is 36.1 Å². The fourth-order valence-electron chi connectivity index (χ4n) is 3.22. The number of para-hydroxylation sites is 2. The van der Waals surface area contributed by atoms with Crippen molar-refractivity contribution in [3.63, 3.8) is 0 Å². The maximum absolute atomic E-state index is 12.6. The molecule has 7 nitrogen and oxygen atoms in total. The van der Waals surface area contributed by atoms with E-state index in [9.17, 15) is 4.79 Å². The van der Waals surface area contributed by atoms with E-state index < -0.39 is 0 Å². The number of amides is 1. The van der Waals surface area contributed by atoms with Gasteiger partial charge in [-0.25, -0.2) is 9.67 Å². The average Bonchev–Trinajstić information content (AvgIpc) is 3.19. The summed E-state index contributed by atoms with van der Waals surface area (Å²) >= 11 is 6.27. The Morgan fingerprint density at radius 3 is 3.04 bits per heavy atom. The summed E-state index contributed by atoms with van der Waals surface area (Å²) in [5, 5.41) is 7.44. The molecule has 1 aliphatic heterocycles. The highest BCUT2D eigenvalue weighted by Crippen LogP contribution is 2.30. The first kappa shape index (κ1) is 16.9. The van der Waals surface area contributed by atoms with Gasteiger partial charge in [0.05, 0.1) is 24.2 Å². The number of rotatable bonds is 5. The Balaban J connectivity index is 1.56. The molecule has 3 aromatic rings. The molecule has 0 bridgehead atoms. The van der Waals surface area contributed by atoms with Crippen molar-refractivity contribution >= 4 is 28.5 Å². The molecule has 0 spiro atoms. The third-order valence-corrected chi connectivity index (χ3v) is 4.75. The van der Waals surface area contributed by atoms with E-state index in [1.54, 1.807) is 4.68 Å². The molecule has 1 aromatic carbocycles. The zero-order valence-corrected chi connectivity index (χ0v) is 15.3. The first-order valence-electron chi connectivity index (χ1n) is 8.80. The Morgan fingerprint density at radius 1 is 1.38 bits per heavy atom. The molecule has 136 valence electrons. The van der Waals surface area contributed by atoms with Crippen LogP contribution in [0.25, 0.3) is 11.0 Å². The zero-order valence-electron chi connectivity index (χ0n) is 14.5. The van der Waals surface area contributed by atoms with Gasteiger partial charge in [0.2, 0.25) is 5.88 Å². The third kappa shape index (κ3) is 2.92. The van der Waals surface area contributed by atoms with Gasteiger partial charge in [0.15, 0.2) is 5.69 Å². The largest absolute Gasteiger partial charge is 0.477 e. The van der Waals surface area contributed by atoms with Gasteiger partial charge in [-0.05, 0) is 18.6 Å². The van der Waals surface area contributed by atoms with Gasteiger partial charge in [-0.3, -0.25) is 4.79 Å². The molecule has 1 aliphatic rings. The van der Waals surface area contributed by atoms with Crippen molar-refractivity contribution in [2.45, 2.75) is 39.4 Å². The van der Waals surface area contributed by atoms with Crippen LogP contribution in [-0.4, -0.2) is 31.8 Å². The number of hydrogen-bond donors (Lipinski definition) is 1. The van der Waals surface area contributed by atoms with Gasteiger partial charge in [0, 0.05) is 19.5 Å². The summed E-state index contributed by atoms with van der Waals surface area (Å²) < 4.78 is 9.29. The van der Waals surface area contributed by atoms with Crippen molar-refractivity contribution in [1.82, 2.24) is 24.6 Å². The van der Waals surface area contributed by atoms with Crippen LogP contribution >= 0.6 is 11.6 Å². The Labute approximate surface area is 155 Å². The maximum atomic E-state index is 12.6. The van der Waals surface area contributed by atoms with E-state index in [1.807, 2.05) is 24.3 Å². The number of carbonyl (C=O) groups excluding carboxylic acids is 1. The molecule has 8 heteroatoms. The van der Waals surface area contributed by atoms with Crippen molar-refractivity contribution in [2.24, 2.45) is 0 Å². The molecular formula is C18H20ClN5O2. The average molecular weight is 374 g/mol. The van der Waals surface area contributed by atoms with E-state index in [0.717, 1.165) is 36.2 Å². The number of nitrogens with one attached hydrogen (secondary N) is 1. The van der Waals surface area contributed by atoms with Crippen LogP contribution in [0.5, 0.6) is 5.88 Å². The lowest BCUT2D eigenvalue weighted by atomic mass is 10.3. The number of carbonyl (C=O) groups is 1. The Bertz CT molecular complexity index is 962. The van der Waals surface area contributed by atoms with Gasteiger partial charge < -0.3 is 14.6 Å². The predicted octanol–water partition coefficient (Wildman–Crippen LogP) is 3.01. The molecule has 0 unspecified atom stereocenters. The second-order valence-electron chi connectivity index (χ2n) is 6.24. The van der Waals surface area contributed by atoms with E-state index in [0.29, 0.717) is 25.6 Å². The highest BCUT2D eigenvalue weighted by molar-refractivity contribution is 6.34. The standard InChI is InChI=1S/C18H20ClN5O2/c1-2-8-23-13-7-4-3-6-12(13)21-14(23)11-20-17(25)16-15(19)18-24(22-16)9-5-10-26-18/h3-4,6-7H,2,5,8-11H2,1H3,(H,20,25). The minimum atomic E-state index is -0.324. The molecule has 0 saturated carbocycles. The van der Waals surface area contributed by atoms with Crippen LogP contribution in [0.2, 0.25) is 5.02 Å². The molecule has 1 amide bonds. The van der Waals surface area contributed by atoms with Crippen molar-refractivity contribution < 1.29 is 9.53 Å². The van der Waals surface area contributed by atoms with Crippen molar-refractivity contribution in [3.05, 3.63) is 40.8 Å². The lowest BCUT2D eigenvalue weighted by Gasteiger charge is -2.14. The van der Waals surface area contributed by atoms with Gasteiger partial charge >= 0.3 is 0 Å². The molecule has 0 fully saturated rings. The quantitative estimate of drug-likeness (QED) is 0.746. The fourth-order valence-corrected chi connectivity index (χ4v) is 3.49. The summed E-state index contributed by atoms with van der Waals surface area (Å²) in [4.78, 5) is 17.2. The summed E-state index contributed by atoms with van der Waals surface area (Å²) in [6.45, 7) is 4.57. The molecule has 0 atom stereocenters. The summed E-state index contributed by atoms with van der Waals surface area (Å²) in [6, 6.07) is 7.97. The number of halogens is 1. The predicted molar refractivity (Wildman–Crippen MR) is 98.5 cm³/mol. The molecule has 2 aromatic heterocycles. The smallest absolute Gasteiger partial charge is 0.273 e. The van der Waals surface area contributed by atoms with Crippen molar-refractivity contribution in [2.75, 3.05) is 6.61 Å². The second kappa shape index (κ2) is 6.99. The van der Waals surface area contributed by atoms with Gasteiger partial charge in [-0.1, -0.05) is 30.7 Å². The topological polar surface area (TPSA) is 74.0 Å². The van der Waals surface area contributed by atoms with Crippen LogP contribution in [0.4, 0.5) is 0 Å². The number of aromatic nitrogens is 4. The van der Waals surface area contributed by atoms with E-state index in [2.05, 4.69) is 26.9 Å². The van der Waals surface area contributed by atoms with Crippen molar-refractivity contribution in [1.29, 1.82) is 0 Å². The lowest BCUT2D eigenvalue weighted by Crippen LogP contribution is -2.25. The SMILES string of the molecule is CCCn1c(CNC(=O)c2nn3c(c2Cl)OCCC3)nc2ccccc21. The summed E-state index contributed by atoms with van der Waals surface area (Å²) in [5.74, 6) is 0.967. The number of aryl methyl sites for hydroxylation is 2. The first-order chi connectivity index (χ1) is 12.7. The second-order valence-corrected chi connectivity index (χ2v) is 6.62. The minimum absolute atomic E-state index is 0.196. The van der Waals surface area contributed by atoms with Crippen LogP contribution in [0.15, 0.2) is 24.3 Å². The Hall–Kier alpha value is -2.54. The molecule has 0 saturated heterocycles. The Morgan fingerprint density at radius 2 is 2.23 bits per heavy atom. The third-order valence-electron chi connectivity index (χ3n) is 4.41. The van der Waals surface area contributed by atoms with E-state index in [1.165, 1.54) is 0 Å². The zero-order chi connectivity index (χ0) is 18.1. The number of hydrogen-bond acceptors (Lipinski definition) is 4. The molecule has 0 radical (unpaired) electrons. The molecule has 3 heterocycles. The number of ether oxygens (including phenoxy) is 1. The van der Waals surface area contributed by atoms with Gasteiger partial charge in [-0.2, -0.15) is 5.10 Å². The summed E-state index contributed by atoms with van der Waals surface area (Å²) in [5.41, 5.74) is 2.19. The van der Waals surface area contributed by atoms with Gasteiger partial charge in [-0.15, -0.1) is 0 Å². The molecule has 0 aliphatic carbocycles. The van der Waals surface area contributed by atoms with Gasteiger partial charge in [0.1, 0.15) is 10.8 Å². The highest BCUT2D eigenvalue weighted by atomic mass is 35.5. The number of nitrogens with zero attached hydrogens (tertiary/aromatic N) is 4. The maximum Gasteiger partial charge on any atom is 0.273 e. The monoisotopic (exact) mass is 373 g/mol. The fraction of sp³-hybridized carbons (Fsp3) is 0.389. The van der Waals surface area contributed by atoms with E-state index in [-0.39, 0.29) is 16.6 Å². The van der Waals surface area contributed by atoms with Crippen LogP contribution in [0, 0.1) is 0 Å². The Kier molecular flexibility index (Phi) is 4.55. The van der Waals surface area contributed by atoms with Crippen LogP contribution in [0.3, 0.4) is 0 Å². The number of fused-ring (bicyclic) bond motifs is 2. The molecule has 26 heavy (non-hydrogen) atoms. The summed E-state index contributed by atoms with van der Waals surface area (Å²) in [7, 11) is 0. The molecule has 4 rings (SSSR count). The van der Waals surface area contributed by atoms with E-state index in [4.69, 9.17) is 16.3 Å². The molecular weight excluding hydrogens is 354 g/mol. The number of benzene rings is 1.